The fourth-order valence-electron chi connectivity index (χ4n) is 4.57. The molecule has 0 aliphatic carbocycles. The van der Waals surface area contributed by atoms with Crippen molar-refractivity contribution in [3.63, 3.8) is 0 Å². The van der Waals surface area contributed by atoms with Crippen LogP contribution >= 0.6 is 23.2 Å². The summed E-state index contributed by atoms with van der Waals surface area (Å²) in [7, 11) is 0. The fourth-order valence-corrected chi connectivity index (χ4v) is 4.95. The molecule has 1 fully saturated rings. The van der Waals surface area contributed by atoms with E-state index in [0.717, 1.165) is 16.6 Å². The van der Waals surface area contributed by atoms with Crippen molar-refractivity contribution in [1.29, 1.82) is 0 Å². The Kier molecular flexibility index (Phi) is 6.46. The molecule has 0 spiro atoms. The van der Waals surface area contributed by atoms with E-state index in [1.54, 1.807) is 12.1 Å². The van der Waals surface area contributed by atoms with Gasteiger partial charge >= 0.3 is 0 Å². The van der Waals surface area contributed by atoms with Gasteiger partial charge < -0.3 is 10.2 Å². The SMILES string of the molecule is CCc1cn2c(N3CCC(F)(F)CC3)nc3c(C(C)Nc4ccc(Cl)nc4C=O)cc(Cl)cc3c2n1. The summed E-state index contributed by atoms with van der Waals surface area (Å²) in [4.78, 5) is 27.3. The minimum absolute atomic E-state index is 0.187. The Morgan fingerprint density at radius 3 is 2.61 bits per heavy atom. The van der Waals surface area contributed by atoms with Gasteiger partial charge in [-0.2, -0.15) is 0 Å². The molecule has 1 aromatic carbocycles. The van der Waals surface area contributed by atoms with E-state index in [1.165, 1.54) is 0 Å². The van der Waals surface area contributed by atoms with Crippen LogP contribution < -0.4 is 10.2 Å². The molecule has 1 N–H and O–H groups in total. The number of carbonyl (C=O) groups is 1. The lowest BCUT2D eigenvalue weighted by molar-refractivity contribution is -0.0222. The number of aromatic nitrogens is 4. The molecule has 1 aliphatic heterocycles. The number of alkyl halides is 2. The molecule has 0 bridgehead atoms. The monoisotopic (exact) mass is 532 g/mol. The Labute approximate surface area is 216 Å². The first-order valence-electron chi connectivity index (χ1n) is 11.7. The number of rotatable bonds is 6. The molecule has 188 valence electrons. The maximum Gasteiger partial charge on any atom is 0.251 e. The maximum atomic E-state index is 13.9. The molecule has 3 aromatic heterocycles. The quantitative estimate of drug-likeness (QED) is 0.229. The number of aryl methyl sites for hydroxylation is 1. The molecule has 0 saturated carbocycles. The summed E-state index contributed by atoms with van der Waals surface area (Å²) < 4.78 is 29.7. The summed E-state index contributed by atoms with van der Waals surface area (Å²) in [5, 5.41) is 4.78. The normalized spacial score (nSPS) is 16.4. The number of imidazole rings is 1. The molecule has 11 heteroatoms. The third-order valence-electron chi connectivity index (χ3n) is 6.51. The van der Waals surface area contributed by atoms with Gasteiger partial charge in [0.25, 0.3) is 5.92 Å². The number of pyridine rings is 1. The second-order valence-electron chi connectivity index (χ2n) is 8.98. The Hall–Kier alpha value is -3.04. The number of hydrogen-bond donors (Lipinski definition) is 1. The van der Waals surface area contributed by atoms with E-state index in [9.17, 15) is 13.6 Å². The number of piperidine rings is 1. The highest BCUT2D eigenvalue weighted by Gasteiger charge is 2.35. The summed E-state index contributed by atoms with van der Waals surface area (Å²) in [6, 6.07) is 6.59. The number of anilines is 2. The van der Waals surface area contributed by atoms with Gasteiger partial charge in [0.15, 0.2) is 6.29 Å². The van der Waals surface area contributed by atoms with Crippen molar-refractivity contribution in [2.24, 2.45) is 0 Å². The summed E-state index contributed by atoms with van der Waals surface area (Å²) >= 11 is 12.5. The molecule has 7 nitrogen and oxygen atoms in total. The first-order chi connectivity index (χ1) is 17.2. The molecule has 4 aromatic rings. The maximum absolute atomic E-state index is 13.9. The molecular formula is C25H24Cl2F2N6O. The van der Waals surface area contributed by atoms with E-state index in [2.05, 4.69) is 10.3 Å². The van der Waals surface area contributed by atoms with Crippen LogP contribution in [0.3, 0.4) is 0 Å². The third-order valence-corrected chi connectivity index (χ3v) is 6.94. The van der Waals surface area contributed by atoms with Crippen LogP contribution in [0.2, 0.25) is 10.2 Å². The molecule has 0 radical (unpaired) electrons. The van der Waals surface area contributed by atoms with Crippen molar-refractivity contribution in [2.45, 2.75) is 45.1 Å². The van der Waals surface area contributed by atoms with Crippen LogP contribution in [0.5, 0.6) is 0 Å². The zero-order chi connectivity index (χ0) is 25.6. The van der Waals surface area contributed by atoms with E-state index < -0.39 is 5.92 Å². The molecular weight excluding hydrogens is 509 g/mol. The lowest BCUT2D eigenvalue weighted by atomic mass is 10.0. The molecule has 1 saturated heterocycles. The molecule has 36 heavy (non-hydrogen) atoms. The zero-order valence-electron chi connectivity index (χ0n) is 19.7. The summed E-state index contributed by atoms with van der Waals surface area (Å²) in [6.07, 6.45) is 2.80. The number of fused-ring (bicyclic) bond motifs is 3. The van der Waals surface area contributed by atoms with E-state index >= 15 is 0 Å². The Morgan fingerprint density at radius 2 is 1.92 bits per heavy atom. The highest BCUT2D eigenvalue weighted by Crippen LogP contribution is 2.36. The van der Waals surface area contributed by atoms with Crippen molar-refractivity contribution in [2.75, 3.05) is 23.3 Å². The minimum Gasteiger partial charge on any atom is -0.377 e. The fraction of sp³-hybridized carbons (Fsp3) is 0.360. The molecule has 0 amide bonds. The van der Waals surface area contributed by atoms with Crippen LogP contribution in [0, 0.1) is 0 Å². The smallest absolute Gasteiger partial charge is 0.251 e. The van der Waals surface area contributed by atoms with Gasteiger partial charge in [-0.15, -0.1) is 0 Å². The molecule has 1 aliphatic rings. The van der Waals surface area contributed by atoms with Crippen LogP contribution in [0.4, 0.5) is 20.4 Å². The second kappa shape index (κ2) is 9.44. The lowest BCUT2D eigenvalue weighted by Gasteiger charge is -2.33. The molecule has 1 atom stereocenters. The highest BCUT2D eigenvalue weighted by molar-refractivity contribution is 6.31. The van der Waals surface area contributed by atoms with Gasteiger partial charge in [0.2, 0.25) is 5.95 Å². The number of nitrogens with zero attached hydrogens (tertiary/aromatic N) is 5. The summed E-state index contributed by atoms with van der Waals surface area (Å²) in [5.74, 6) is -2.10. The second-order valence-corrected chi connectivity index (χ2v) is 9.80. The highest BCUT2D eigenvalue weighted by atomic mass is 35.5. The van der Waals surface area contributed by atoms with Crippen LogP contribution in [0.15, 0.2) is 30.5 Å². The van der Waals surface area contributed by atoms with Crippen molar-refractivity contribution < 1.29 is 13.6 Å². The number of carbonyl (C=O) groups excluding carboxylic acids is 1. The Balaban J connectivity index is 1.66. The number of hydrogen-bond acceptors (Lipinski definition) is 6. The van der Waals surface area contributed by atoms with Crippen molar-refractivity contribution >= 4 is 57.7 Å². The number of halogens is 4. The van der Waals surface area contributed by atoms with Gasteiger partial charge in [-0.25, -0.2) is 23.7 Å². The van der Waals surface area contributed by atoms with Crippen molar-refractivity contribution in [3.05, 3.63) is 57.6 Å². The lowest BCUT2D eigenvalue weighted by Crippen LogP contribution is -2.40. The molecule has 5 rings (SSSR count). The van der Waals surface area contributed by atoms with Crippen LogP contribution in [0.1, 0.15) is 54.5 Å². The van der Waals surface area contributed by atoms with Gasteiger partial charge in [-0.3, -0.25) is 9.20 Å². The van der Waals surface area contributed by atoms with E-state index in [4.69, 9.17) is 33.2 Å². The zero-order valence-corrected chi connectivity index (χ0v) is 21.2. The number of nitrogens with one attached hydrogen (secondary N) is 1. The van der Waals surface area contributed by atoms with E-state index in [0.29, 0.717) is 40.5 Å². The van der Waals surface area contributed by atoms with Gasteiger partial charge in [0.05, 0.1) is 22.9 Å². The number of aldehydes is 1. The largest absolute Gasteiger partial charge is 0.377 e. The van der Waals surface area contributed by atoms with E-state index in [-0.39, 0.29) is 42.8 Å². The Morgan fingerprint density at radius 1 is 1.17 bits per heavy atom. The third kappa shape index (κ3) is 4.57. The average Bonchev–Trinajstić information content (AvgIpc) is 3.29. The molecule has 4 heterocycles. The number of benzene rings is 1. The summed E-state index contributed by atoms with van der Waals surface area (Å²) in [6.45, 7) is 4.31. The predicted molar refractivity (Wildman–Crippen MR) is 138 cm³/mol. The average molecular weight is 533 g/mol. The standard InChI is InChI=1S/C25H24Cl2F2N6O/c1-3-16-12-35-23(31-16)18-11-15(26)10-17(14(2)30-19-4-5-21(27)32-20(19)13-36)22(18)33-24(35)34-8-6-25(28,29)7-9-34/h4-5,10-14,30H,3,6-9H2,1-2H3. The Bertz CT molecular complexity index is 1460. The first-order valence-corrected chi connectivity index (χ1v) is 12.5. The van der Waals surface area contributed by atoms with Gasteiger partial charge in [-0.05, 0) is 37.6 Å². The predicted octanol–water partition coefficient (Wildman–Crippen LogP) is 6.37. The van der Waals surface area contributed by atoms with Crippen molar-refractivity contribution in [1.82, 2.24) is 19.4 Å². The van der Waals surface area contributed by atoms with Gasteiger partial charge in [-0.1, -0.05) is 30.1 Å². The van der Waals surface area contributed by atoms with Gasteiger partial charge in [0, 0.05) is 48.1 Å². The van der Waals surface area contributed by atoms with E-state index in [1.807, 2.05) is 41.5 Å². The summed E-state index contributed by atoms with van der Waals surface area (Å²) in [5.41, 5.74) is 3.67. The minimum atomic E-state index is -2.67. The first kappa shape index (κ1) is 24.6. The topological polar surface area (TPSA) is 75.4 Å². The molecule has 1 unspecified atom stereocenters. The van der Waals surface area contributed by atoms with Crippen LogP contribution in [0.25, 0.3) is 16.6 Å². The van der Waals surface area contributed by atoms with Gasteiger partial charge in [0.1, 0.15) is 16.5 Å². The van der Waals surface area contributed by atoms with Crippen LogP contribution in [-0.4, -0.2) is 44.7 Å². The van der Waals surface area contributed by atoms with Crippen molar-refractivity contribution in [3.8, 4) is 0 Å². The van der Waals surface area contributed by atoms with Crippen LogP contribution in [-0.2, 0) is 6.42 Å².